The van der Waals surface area contributed by atoms with Crippen LogP contribution in [0.25, 0.3) is 0 Å². The zero-order valence-corrected chi connectivity index (χ0v) is 14.4. The Morgan fingerprint density at radius 1 is 1.38 bits per heavy atom. The van der Waals surface area contributed by atoms with Crippen molar-refractivity contribution in [2.75, 3.05) is 13.6 Å². The number of aryl methyl sites for hydroxylation is 1. The molecule has 1 fully saturated rings. The number of likely N-dealkylation sites (tertiary alicyclic amines) is 1. The second-order valence-corrected chi connectivity index (χ2v) is 6.13. The SMILES string of the molecule is CCC(=O)N1CCCCC1C(=O)N(C)Cc1cc(C(=O)O)c(C)o1. The summed E-state index contributed by atoms with van der Waals surface area (Å²) in [5.41, 5.74) is 0.103. The lowest BCUT2D eigenvalue weighted by Gasteiger charge is -2.36. The first kappa shape index (κ1) is 18.0. The smallest absolute Gasteiger partial charge is 0.339 e. The van der Waals surface area contributed by atoms with E-state index in [0.717, 1.165) is 12.8 Å². The molecule has 1 aromatic heterocycles. The second kappa shape index (κ2) is 7.51. The number of hydrogen-bond donors (Lipinski definition) is 1. The van der Waals surface area contributed by atoms with Crippen LogP contribution in [0.1, 0.15) is 54.5 Å². The summed E-state index contributed by atoms with van der Waals surface area (Å²) in [4.78, 5) is 39.0. The van der Waals surface area contributed by atoms with Crippen LogP contribution in [-0.4, -0.2) is 52.3 Å². The fraction of sp³-hybridized carbons (Fsp3) is 0.588. The molecule has 7 heteroatoms. The highest BCUT2D eigenvalue weighted by Crippen LogP contribution is 2.21. The van der Waals surface area contributed by atoms with Crippen molar-refractivity contribution in [3.8, 4) is 0 Å². The fourth-order valence-corrected chi connectivity index (χ4v) is 3.09. The summed E-state index contributed by atoms with van der Waals surface area (Å²) < 4.78 is 5.42. The Morgan fingerprint density at radius 2 is 2.08 bits per heavy atom. The topological polar surface area (TPSA) is 91.1 Å². The Hall–Kier alpha value is -2.31. The lowest BCUT2D eigenvalue weighted by molar-refractivity contribution is -0.147. The van der Waals surface area contributed by atoms with E-state index in [1.807, 2.05) is 0 Å². The van der Waals surface area contributed by atoms with Crippen molar-refractivity contribution in [3.05, 3.63) is 23.2 Å². The van der Waals surface area contributed by atoms with Gasteiger partial charge < -0.3 is 19.3 Å². The highest BCUT2D eigenvalue weighted by atomic mass is 16.4. The Morgan fingerprint density at radius 3 is 2.67 bits per heavy atom. The van der Waals surface area contributed by atoms with Crippen molar-refractivity contribution in [1.82, 2.24) is 9.80 Å². The normalized spacial score (nSPS) is 17.6. The molecule has 132 valence electrons. The minimum absolute atomic E-state index is 0.0107. The van der Waals surface area contributed by atoms with Crippen LogP contribution in [0.15, 0.2) is 10.5 Å². The van der Waals surface area contributed by atoms with Crippen molar-refractivity contribution in [3.63, 3.8) is 0 Å². The first-order valence-corrected chi connectivity index (χ1v) is 8.22. The number of likely N-dealkylation sites (N-methyl/N-ethyl adjacent to an activating group) is 1. The molecule has 1 saturated heterocycles. The van der Waals surface area contributed by atoms with E-state index in [2.05, 4.69) is 0 Å². The number of furan rings is 1. The van der Waals surface area contributed by atoms with E-state index >= 15 is 0 Å². The number of carbonyl (C=O) groups excluding carboxylic acids is 2. The molecule has 0 saturated carbocycles. The number of carboxylic acid groups (broad SMARTS) is 1. The van der Waals surface area contributed by atoms with Gasteiger partial charge in [0, 0.05) is 20.0 Å². The minimum atomic E-state index is -1.05. The molecule has 2 amide bonds. The number of rotatable bonds is 5. The van der Waals surface area contributed by atoms with E-state index < -0.39 is 12.0 Å². The van der Waals surface area contributed by atoms with Crippen LogP contribution in [0.4, 0.5) is 0 Å². The van der Waals surface area contributed by atoms with Gasteiger partial charge in [0.15, 0.2) is 0 Å². The van der Waals surface area contributed by atoms with Gasteiger partial charge in [0.1, 0.15) is 23.1 Å². The molecule has 0 spiro atoms. The number of hydrogen-bond acceptors (Lipinski definition) is 4. The van der Waals surface area contributed by atoms with E-state index in [9.17, 15) is 14.4 Å². The average Bonchev–Trinajstić information content (AvgIpc) is 2.93. The van der Waals surface area contributed by atoms with E-state index in [1.54, 1.807) is 25.8 Å². The molecule has 2 heterocycles. The molecule has 0 aromatic carbocycles. The first-order valence-electron chi connectivity index (χ1n) is 8.22. The Balaban J connectivity index is 2.09. The third-order valence-corrected chi connectivity index (χ3v) is 4.38. The number of piperidine rings is 1. The number of carbonyl (C=O) groups is 3. The molecular weight excluding hydrogens is 312 g/mol. The third-order valence-electron chi connectivity index (χ3n) is 4.38. The summed E-state index contributed by atoms with van der Waals surface area (Å²) in [5, 5.41) is 9.06. The quantitative estimate of drug-likeness (QED) is 0.888. The van der Waals surface area contributed by atoms with Gasteiger partial charge in [-0.05, 0) is 32.3 Å². The molecule has 0 bridgehead atoms. The van der Waals surface area contributed by atoms with Gasteiger partial charge in [-0.3, -0.25) is 9.59 Å². The summed E-state index contributed by atoms with van der Waals surface area (Å²) in [6.45, 7) is 4.16. The van der Waals surface area contributed by atoms with Crippen molar-refractivity contribution in [1.29, 1.82) is 0 Å². The average molecular weight is 336 g/mol. The van der Waals surface area contributed by atoms with Gasteiger partial charge in [-0.15, -0.1) is 0 Å². The molecule has 1 aromatic rings. The summed E-state index contributed by atoms with van der Waals surface area (Å²) in [6.07, 6.45) is 2.87. The Labute approximate surface area is 141 Å². The van der Waals surface area contributed by atoms with Gasteiger partial charge in [0.25, 0.3) is 0 Å². The Bertz CT molecular complexity index is 637. The molecule has 24 heavy (non-hydrogen) atoms. The summed E-state index contributed by atoms with van der Waals surface area (Å²) in [7, 11) is 1.64. The second-order valence-electron chi connectivity index (χ2n) is 6.13. The van der Waals surface area contributed by atoms with E-state index in [-0.39, 0.29) is 23.9 Å². The molecule has 7 nitrogen and oxygen atoms in total. The molecule has 1 unspecified atom stereocenters. The van der Waals surface area contributed by atoms with Gasteiger partial charge >= 0.3 is 5.97 Å². The van der Waals surface area contributed by atoms with Crippen molar-refractivity contribution >= 4 is 17.8 Å². The van der Waals surface area contributed by atoms with Crippen LogP contribution in [-0.2, 0) is 16.1 Å². The largest absolute Gasteiger partial charge is 0.478 e. The zero-order chi connectivity index (χ0) is 17.9. The van der Waals surface area contributed by atoms with Gasteiger partial charge in [-0.1, -0.05) is 6.92 Å². The molecule has 1 atom stereocenters. The predicted octanol–water partition coefficient (Wildman–Crippen LogP) is 2.04. The van der Waals surface area contributed by atoms with Crippen molar-refractivity contribution in [2.45, 2.75) is 52.1 Å². The highest BCUT2D eigenvalue weighted by molar-refractivity contribution is 5.89. The summed E-state index contributed by atoms with van der Waals surface area (Å²) in [5.74, 6) is -0.460. The number of amides is 2. The van der Waals surface area contributed by atoms with Crippen LogP contribution in [0.5, 0.6) is 0 Å². The zero-order valence-electron chi connectivity index (χ0n) is 14.4. The highest BCUT2D eigenvalue weighted by Gasteiger charge is 2.33. The molecule has 0 radical (unpaired) electrons. The van der Waals surface area contributed by atoms with Crippen LogP contribution in [0.3, 0.4) is 0 Å². The molecule has 2 rings (SSSR count). The molecule has 1 aliphatic rings. The molecular formula is C17H24N2O5. The Kier molecular flexibility index (Phi) is 5.64. The van der Waals surface area contributed by atoms with Crippen LogP contribution >= 0.6 is 0 Å². The van der Waals surface area contributed by atoms with Gasteiger partial charge in [-0.25, -0.2) is 4.79 Å². The van der Waals surface area contributed by atoms with Crippen molar-refractivity contribution < 1.29 is 23.9 Å². The maximum atomic E-state index is 12.7. The van der Waals surface area contributed by atoms with E-state index in [0.29, 0.717) is 30.9 Å². The predicted molar refractivity (Wildman–Crippen MR) is 86.5 cm³/mol. The maximum Gasteiger partial charge on any atom is 0.339 e. The molecule has 1 aliphatic heterocycles. The van der Waals surface area contributed by atoms with Gasteiger partial charge in [-0.2, -0.15) is 0 Å². The van der Waals surface area contributed by atoms with Crippen LogP contribution in [0, 0.1) is 6.92 Å². The van der Waals surface area contributed by atoms with E-state index in [1.165, 1.54) is 11.0 Å². The van der Waals surface area contributed by atoms with Crippen LogP contribution in [0.2, 0.25) is 0 Å². The first-order chi connectivity index (χ1) is 11.3. The lowest BCUT2D eigenvalue weighted by atomic mass is 10.0. The van der Waals surface area contributed by atoms with E-state index in [4.69, 9.17) is 9.52 Å². The van der Waals surface area contributed by atoms with Crippen LogP contribution < -0.4 is 0 Å². The third kappa shape index (κ3) is 3.77. The number of carboxylic acids is 1. The summed E-state index contributed by atoms with van der Waals surface area (Å²) in [6, 6.07) is 1.00. The van der Waals surface area contributed by atoms with Crippen molar-refractivity contribution in [2.24, 2.45) is 0 Å². The fourth-order valence-electron chi connectivity index (χ4n) is 3.09. The minimum Gasteiger partial charge on any atom is -0.478 e. The standard InChI is InChI=1S/C17H24N2O5/c1-4-15(20)19-8-6-5-7-14(19)16(21)18(3)10-12-9-13(17(22)23)11(2)24-12/h9,14H,4-8,10H2,1-3H3,(H,22,23). The molecule has 0 aliphatic carbocycles. The number of nitrogens with zero attached hydrogens (tertiary/aromatic N) is 2. The number of aromatic carboxylic acids is 1. The maximum absolute atomic E-state index is 12.7. The van der Waals surface area contributed by atoms with Gasteiger partial charge in [0.2, 0.25) is 11.8 Å². The lowest BCUT2D eigenvalue weighted by Crippen LogP contribution is -2.51. The van der Waals surface area contributed by atoms with Gasteiger partial charge in [0.05, 0.1) is 6.54 Å². The molecule has 1 N–H and O–H groups in total. The monoisotopic (exact) mass is 336 g/mol. The summed E-state index contributed by atoms with van der Waals surface area (Å²) >= 11 is 0.